The van der Waals surface area contributed by atoms with E-state index in [1.54, 1.807) is 6.08 Å². The van der Waals surface area contributed by atoms with Gasteiger partial charge in [0.05, 0.1) is 25.2 Å². The van der Waals surface area contributed by atoms with E-state index < -0.39 is 31.1 Å². The molecule has 1 aliphatic rings. The molecule has 2 atom stereocenters. The highest BCUT2D eigenvalue weighted by Crippen LogP contribution is 2.20. The van der Waals surface area contributed by atoms with Crippen LogP contribution in [0.15, 0.2) is 42.0 Å². The average molecular weight is 443 g/mol. The number of amides is 2. The minimum atomic E-state index is -1.78. The third-order valence-electron chi connectivity index (χ3n) is 4.78. The first-order chi connectivity index (χ1) is 15.1. The van der Waals surface area contributed by atoms with Gasteiger partial charge in [-0.1, -0.05) is 57.2 Å². The van der Waals surface area contributed by atoms with E-state index in [1.165, 1.54) is 4.90 Å². The molecule has 0 aliphatic carbocycles. The molecular formula is C22H30BN3O6. The van der Waals surface area contributed by atoms with Crippen LogP contribution < -0.4 is 5.32 Å². The third-order valence-corrected chi connectivity index (χ3v) is 4.78. The van der Waals surface area contributed by atoms with Gasteiger partial charge in [-0.05, 0) is 17.4 Å². The number of nitrogens with zero attached hydrogens (tertiary/aromatic N) is 2. The molecule has 1 aliphatic heterocycles. The number of nitrogens with one attached hydrogen (secondary N) is 1. The Morgan fingerprint density at radius 2 is 2.06 bits per heavy atom. The minimum Gasteiger partial charge on any atom is -0.447 e. The fourth-order valence-electron chi connectivity index (χ4n) is 3.25. The van der Waals surface area contributed by atoms with Gasteiger partial charge in [0, 0.05) is 6.54 Å². The normalized spacial score (nSPS) is 17.8. The number of morpholine rings is 1. The number of benzene rings is 1. The smallest absolute Gasteiger partial charge is 0.447 e. The lowest BCUT2D eigenvalue weighted by molar-refractivity contribution is -0.137. The van der Waals surface area contributed by atoms with E-state index in [4.69, 9.17) is 9.47 Å². The second-order valence-electron chi connectivity index (χ2n) is 8.72. The van der Waals surface area contributed by atoms with Crippen LogP contribution in [-0.2, 0) is 20.7 Å². The summed E-state index contributed by atoms with van der Waals surface area (Å²) in [6.45, 7) is 6.26. The molecule has 2 rings (SSSR count). The topological polar surface area (TPSA) is 132 Å². The van der Waals surface area contributed by atoms with Gasteiger partial charge < -0.3 is 29.7 Å². The molecule has 1 fully saturated rings. The molecule has 3 N–H and O–H groups in total. The van der Waals surface area contributed by atoms with Gasteiger partial charge in [-0.15, -0.1) is 0 Å². The maximum atomic E-state index is 12.9. The summed E-state index contributed by atoms with van der Waals surface area (Å²) in [4.78, 5) is 26.6. The number of hydrogen-bond donors (Lipinski definition) is 3. The predicted octanol–water partition coefficient (Wildman–Crippen LogP) is 1.06. The fraction of sp³-hybridized carbons (Fsp3) is 0.500. The molecule has 1 aromatic carbocycles. The summed E-state index contributed by atoms with van der Waals surface area (Å²) >= 11 is 0. The van der Waals surface area contributed by atoms with E-state index in [1.807, 2.05) is 57.2 Å². The summed E-state index contributed by atoms with van der Waals surface area (Å²) in [7, 11) is -1.78. The largest absolute Gasteiger partial charge is 0.475 e. The van der Waals surface area contributed by atoms with Crippen molar-refractivity contribution in [3.63, 3.8) is 0 Å². The predicted molar refractivity (Wildman–Crippen MR) is 118 cm³/mol. The number of alkyl carbamates (subject to hydrolysis) is 1. The van der Waals surface area contributed by atoms with Crippen LogP contribution in [-0.4, -0.2) is 72.4 Å². The van der Waals surface area contributed by atoms with E-state index >= 15 is 0 Å². The number of carbonyl (C=O) groups is 2. The highest BCUT2D eigenvalue weighted by atomic mass is 16.6. The van der Waals surface area contributed by atoms with Gasteiger partial charge in [-0.25, -0.2) is 4.79 Å². The second kappa shape index (κ2) is 11.7. The number of nitriles is 1. The van der Waals surface area contributed by atoms with Crippen molar-refractivity contribution in [2.45, 2.75) is 39.2 Å². The van der Waals surface area contributed by atoms with E-state index in [-0.39, 0.29) is 37.2 Å². The molecule has 0 spiro atoms. The first-order valence-corrected chi connectivity index (χ1v) is 10.5. The molecule has 10 heteroatoms. The Kier molecular flexibility index (Phi) is 9.26. The van der Waals surface area contributed by atoms with Crippen molar-refractivity contribution in [2.24, 2.45) is 5.41 Å². The van der Waals surface area contributed by atoms with Gasteiger partial charge in [-0.3, -0.25) is 4.79 Å². The van der Waals surface area contributed by atoms with Gasteiger partial charge >= 0.3 is 13.2 Å². The molecule has 0 saturated carbocycles. The van der Waals surface area contributed by atoms with Crippen LogP contribution in [0.1, 0.15) is 26.3 Å². The first kappa shape index (κ1) is 25.4. The standard InChI is InChI=1S/C22H30BN3O6/c1-22(2,3)12-17(13-24)20(27)26-9-10-31-14-18(26)15-32-21(28)25-19(23(29)30)11-16-7-5-4-6-8-16/h4-8,12,18-19,29-30H,9-11,14-15H2,1-3H3,(H,25,28)/b17-12+/t18-,19+/m1/s1. The minimum absolute atomic E-state index is 0.0279. The Bertz CT molecular complexity index is 847. The third kappa shape index (κ3) is 8.00. The van der Waals surface area contributed by atoms with Gasteiger partial charge in [-0.2, -0.15) is 5.26 Å². The van der Waals surface area contributed by atoms with Gasteiger partial charge in [0.25, 0.3) is 5.91 Å². The maximum Gasteiger partial charge on any atom is 0.475 e. The number of hydrogen-bond acceptors (Lipinski definition) is 7. The Morgan fingerprint density at radius 1 is 1.38 bits per heavy atom. The van der Waals surface area contributed by atoms with E-state index in [0.29, 0.717) is 6.61 Å². The highest BCUT2D eigenvalue weighted by Gasteiger charge is 2.32. The van der Waals surface area contributed by atoms with Crippen molar-refractivity contribution in [1.29, 1.82) is 5.26 Å². The Hall–Kier alpha value is -2.87. The molecule has 32 heavy (non-hydrogen) atoms. The SMILES string of the molecule is CC(C)(C)/C=C(\C#N)C(=O)N1CCOC[C@@H]1COC(=O)N[C@@H](Cc1ccccc1)B(O)O. The van der Waals surface area contributed by atoms with Crippen LogP contribution in [0.25, 0.3) is 0 Å². The first-order valence-electron chi connectivity index (χ1n) is 10.5. The second-order valence-corrected chi connectivity index (χ2v) is 8.72. The average Bonchev–Trinajstić information content (AvgIpc) is 2.75. The summed E-state index contributed by atoms with van der Waals surface area (Å²) in [5.74, 6) is -1.40. The van der Waals surface area contributed by atoms with Crippen LogP contribution >= 0.6 is 0 Å². The highest BCUT2D eigenvalue weighted by molar-refractivity contribution is 6.43. The zero-order valence-corrected chi connectivity index (χ0v) is 18.7. The summed E-state index contributed by atoms with van der Waals surface area (Å²) in [5, 5.41) is 31.1. The van der Waals surface area contributed by atoms with Gasteiger partial charge in [0.2, 0.25) is 0 Å². The zero-order chi connectivity index (χ0) is 23.7. The number of allylic oxidation sites excluding steroid dienone is 1. The maximum absolute atomic E-state index is 12.9. The molecule has 2 amide bonds. The Balaban J connectivity index is 1.99. The summed E-state index contributed by atoms with van der Waals surface area (Å²) < 4.78 is 10.7. The van der Waals surface area contributed by atoms with Crippen LogP contribution in [0.4, 0.5) is 4.79 Å². The number of carbonyl (C=O) groups excluding carboxylic acids is 2. The lowest BCUT2D eigenvalue weighted by Crippen LogP contribution is -2.53. The van der Waals surface area contributed by atoms with Crippen molar-refractivity contribution in [3.8, 4) is 6.07 Å². The molecule has 0 aromatic heterocycles. The molecule has 1 heterocycles. The monoisotopic (exact) mass is 443 g/mol. The quantitative estimate of drug-likeness (QED) is 0.326. The lowest BCUT2D eigenvalue weighted by Gasteiger charge is -2.35. The number of rotatable bonds is 7. The molecule has 0 radical (unpaired) electrons. The summed E-state index contributed by atoms with van der Waals surface area (Å²) in [5.41, 5.74) is 0.496. The molecule has 1 aromatic rings. The zero-order valence-electron chi connectivity index (χ0n) is 18.7. The number of ether oxygens (including phenoxy) is 2. The molecule has 0 unspecified atom stereocenters. The van der Waals surface area contributed by atoms with Crippen molar-refractivity contribution < 1.29 is 29.1 Å². The summed E-state index contributed by atoms with van der Waals surface area (Å²) in [6.07, 6.45) is 0.975. The van der Waals surface area contributed by atoms with Crippen LogP contribution in [0, 0.1) is 16.7 Å². The molecular weight excluding hydrogens is 413 g/mol. The lowest BCUT2D eigenvalue weighted by atomic mass is 9.76. The molecule has 1 saturated heterocycles. The van der Waals surface area contributed by atoms with E-state index in [2.05, 4.69) is 5.32 Å². The Morgan fingerprint density at radius 3 is 2.66 bits per heavy atom. The van der Waals surface area contributed by atoms with Crippen molar-refractivity contribution in [2.75, 3.05) is 26.4 Å². The molecule has 9 nitrogen and oxygen atoms in total. The van der Waals surface area contributed by atoms with Crippen molar-refractivity contribution in [1.82, 2.24) is 10.2 Å². The van der Waals surface area contributed by atoms with Crippen molar-refractivity contribution >= 4 is 19.1 Å². The van der Waals surface area contributed by atoms with E-state index in [0.717, 1.165) is 5.56 Å². The van der Waals surface area contributed by atoms with Gasteiger partial charge in [0.15, 0.2) is 0 Å². The van der Waals surface area contributed by atoms with Crippen molar-refractivity contribution in [3.05, 3.63) is 47.5 Å². The fourth-order valence-corrected chi connectivity index (χ4v) is 3.25. The molecule has 0 bridgehead atoms. The van der Waals surface area contributed by atoms with E-state index in [9.17, 15) is 24.9 Å². The Labute approximate surface area is 188 Å². The van der Waals surface area contributed by atoms with Crippen LogP contribution in [0.5, 0.6) is 0 Å². The van der Waals surface area contributed by atoms with Crippen LogP contribution in [0.2, 0.25) is 0 Å². The summed E-state index contributed by atoms with van der Waals surface area (Å²) in [6, 6.07) is 10.5. The van der Waals surface area contributed by atoms with Gasteiger partial charge in [0.1, 0.15) is 18.2 Å². The molecule has 172 valence electrons. The van der Waals surface area contributed by atoms with Crippen LogP contribution in [0.3, 0.4) is 0 Å².